The van der Waals surface area contributed by atoms with Crippen molar-refractivity contribution in [3.05, 3.63) is 36.0 Å². The number of aliphatic hydroxyl groups excluding tert-OH is 2. The molecule has 0 saturated heterocycles. The summed E-state index contributed by atoms with van der Waals surface area (Å²) >= 11 is 0. The number of para-hydroxylation sites is 1. The molecule has 0 fully saturated rings. The number of carbonyl (C=O) groups excluding carboxylic acids is 3. The van der Waals surface area contributed by atoms with E-state index in [1.807, 2.05) is 24.3 Å². The molecule has 0 aliphatic carbocycles. The maximum Gasteiger partial charge on any atom is 0.326 e. The molecule has 0 saturated carbocycles. The quantitative estimate of drug-likeness (QED) is 0.169. The fourth-order valence-electron chi connectivity index (χ4n) is 3.68. The van der Waals surface area contributed by atoms with E-state index >= 15 is 0 Å². The number of nitrogens with two attached hydrogens (primary N) is 1. The summed E-state index contributed by atoms with van der Waals surface area (Å²) in [6.45, 7) is 4.09. The monoisotopic (exact) mass is 505 g/mol. The SMILES string of the molecule is CCC(C)C(NC(=O)C(Cc1c[nH]c2ccccc12)NC(=O)C(NC(=O)C(N)CO)C(C)O)C(=O)O. The fourth-order valence-corrected chi connectivity index (χ4v) is 3.68. The van der Waals surface area contributed by atoms with Gasteiger partial charge in [-0.1, -0.05) is 38.5 Å². The van der Waals surface area contributed by atoms with Crippen LogP contribution in [0, 0.1) is 5.92 Å². The molecule has 9 N–H and O–H groups in total. The van der Waals surface area contributed by atoms with Crippen LogP contribution in [0.5, 0.6) is 0 Å². The van der Waals surface area contributed by atoms with Crippen molar-refractivity contribution < 1.29 is 34.5 Å². The van der Waals surface area contributed by atoms with Gasteiger partial charge in [-0.25, -0.2) is 4.79 Å². The Labute approximate surface area is 208 Å². The van der Waals surface area contributed by atoms with E-state index in [0.717, 1.165) is 10.9 Å². The zero-order chi connectivity index (χ0) is 27.0. The first kappa shape index (κ1) is 28.8. The molecular weight excluding hydrogens is 470 g/mol. The number of aromatic amines is 1. The number of aliphatic carboxylic acids is 1. The average molecular weight is 506 g/mol. The van der Waals surface area contributed by atoms with Crippen LogP contribution in [-0.4, -0.2) is 80.9 Å². The molecule has 12 nitrogen and oxygen atoms in total. The summed E-state index contributed by atoms with van der Waals surface area (Å²) < 4.78 is 0. The zero-order valence-electron chi connectivity index (χ0n) is 20.5. The van der Waals surface area contributed by atoms with Crippen LogP contribution < -0.4 is 21.7 Å². The topological polar surface area (TPSA) is 207 Å². The number of hydrogen-bond donors (Lipinski definition) is 8. The molecule has 6 unspecified atom stereocenters. The highest BCUT2D eigenvalue weighted by molar-refractivity contribution is 5.95. The third-order valence-corrected chi connectivity index (χ3v) is 6.10. The second-order valence-corrected chi connectivity index (χ2v) is 8.85. The maximum absolute atomic E-state index is 13.2. The molecule has 36 heavy (non-hydrogen) atoms. The number of carbonyl (C=O) groups is 4. The standard InChI is InChI=1S/C24H35N5O7/c1-4-12(2)19(24(35)36)28-22(33)18(9-14-10-26-17-8-6-5-7-15(14)17)27-23(34)20(13(3)31)29-21(32)16(25)11-30/h5-8,10,12-13,16,18-20,26,30-31H,4,9,11,25H2,1-3H3,(H,27,34)(H,28,33)(H,29,32)(H,35,36). The summed E-state index contributed by atoms with van der Waals surface area (Å²) in [4.78, 5) is 53.3. The van der Waals surface area contributed by atoms with Crippen molar-refractivity contribution in [1.82, 2.24) is 20.9 Å². The Balaban J connectivity index is 2.34. The fraction of sp³-hybridized carbons (Fsp3) is 0.500. The van der Waals surface area contributed by atoms with E-state index in [2.05, 4.69) is 20.9 Å². The van der Waals surface area contributed by atoms with E-state index in [1.165, 1.54) is 6.92 Å². The van der Waals surface area contributed by atoms with Crippen molar-refractivity contribution in [2.24, 2.45) is 11.7 Å². The lowest BCUT2D eigenvalue weighted by Gasteiger charge is -2.27. The number of aromatic nitrogens is 1. The Bertz CT molecular complexity index is 1070. The third-order valence-electron chi connectivity index (χ3n) is 6.10. The predicted octanol–water partition coefficient (Wildman–Crippen LogP) is -1.00. The molecule has 1 aromatic carbocycles. The van der Waals surface area contributed by atoms with Crippen molar-refractivity contribution in [2.45, 2.75) is 63.9 Å². The summed E-state index contributed by atoms with van der Waals surface area (Å²) in [5.74, 6) is -4.05. The largest absolute Gasteiger partial charge is 0.480 e. The van der Waals surface area contributed by atoms with Gasteiger partial charge in [-0.05, 0) is 24.5 Å². The van der Waals surface area contributed by atoms with E-state index in [-0.39, 0.29) is 12.3 Å². The Morgan fingerprint density at radius 3 is 2.22 bits per heavy atom. The average Bonchev–Trinajstić information content (AvgIpc) is 3.26. The lowest BCUT2D eigenvalue weighted by Crippen LogP contribution is -2.60. The van der Waals surface area contributed by atoms with Crippen LogP contribution in [0.3, 0.4) is 0 Å². The van der Waals surface area contributed by atoms with E-state index in [1.54, 1.807) is 20.0 Å². The van der Waals surface area contributed by atoms with Crippen molar-refractivity contribution in [1.29, 1.82) is 0 Å². The number of amides is 3. The molecule has 0 aliphatic heterocycles. The Morgan fingerprint density at radius 1 is 1.00 bits per heavy atom. The summed E-state index contributed by atoms with van der Waals surface area (Å²) in [5, 5.41) is 36.9. The van der Waals surface area contributed by atoms with Gasteiger partial charge in [0, 0.05) is 23.5 Å². The molecule has 1 heterocycles. The number of fused-ring (bicyclic) bond motifs is 1. The van der Waals surface area contributed by atoms with Gasteiger partial charge >= 0.3 is 5.97 Å². The number of nitrogens with one attached hydrogen (secondary N) is 4. The van der Waals surface area contributed by atoms with Gasteiger partial charge in [0.2, 0.25) is 17.7 Å². The lowest BCUT2D eigenvalue weighted by molar-refractivity contribution is -0.144. The minimum absolute atomic E-state index is 0.00502. The van der Waals surface area contributed by atoms with E-state index < -0.39 is 60.6 Å². The number of hydrogen-bond acceptors (Lipinski definition) is 7. The first-order valence-corrected chi connectivity index (χ1v) is 11.7. The summed E-state index contributed by atoms with van der Waals surface area (Å²) in [7, 11) is 0. The molecule has 0 spiro atoms. The van der Waals surface area contributed by atoms with Crippen molar-refractivity contribution in [3.8, 4) is 0 Å². The van der Waals surface area contributed by atoms with Gasteiger partial charge < -0.3 is 42.0 Å². The van der Waals surface area contributed by atoms with Crippen molar-refractivity contribution >= 4 is 34.6 Å². The van der Waals surface area contributed by atoms with E-state index in [9.17, 15) is 29.4 Å². The molecule has 0 bridgehead atoms. The number of H-pyrrole nitrogens is 1. The van der Waals surface area contributed by atoms with Gasteiger partial charge in [0.15, 0.2) is 0 Å². The highest BCUT2D eigenvalue weighted by atomic mass is 16.4. The molecule has 12 heteroatoms. The molecule has 6 atom stereocenters. The van der Waals surface area contributed by atoms with E-state index in [4.69, 9.17) is 10.8 Å². The maximum atomic E-state index is 13.2. The molecule has 2 rings (SSSR count). The number of carboxylic acid groups (broad SMARTS) is 1. The van der Waals surface area contributed by atoms with Crippen LogP contribution in [0.25, 0.3) is 10.9 Å². The van der Waals surface area contributed by atoms with Crippen molar-refractivity contribution in [3.63, 3.8) is 0 Å². The second kappa shape index (κ2) is 13.0. The normalized spacial score (nSPS) is 16.3. The first-order valence-electron chi connectivity index (χ1n) is 11.7. The summed E-state index contributed by atoms with van der Waals surface area (Å²) in [5.41, 5.74) is 6.99. The molecule has 0 radical (unpaired) electrons. The minimum atomic E-state index is -1.47. The molecule has 2 aromatic rings. The molecule has 3 amide bonds. The Kier molecular flexibility index (Phi) is 10.4. The van der Waals surface area contributed by atoms with Gasteiger partial charge in [0.05, 0.1) is 12.7 Å². The van der Waals surface area contributed by atoms with E-state index in [0.29, 0.717) is 12.0 Å². The van der Waals surface area contributed by atoms with Crippen LogP contribution in [0.2, 0.25) is 0 Å². The lowest BCUT2D eigenvalue weighted by atomic mass is 9.97. The van der Waals surface area contributed by atoms with Crippen LogP contribution in [0.1, 0.15) is 32.8 Å². The van der Waals surface area contributed by atoms with Gasteiger partial charge in [-0.3, -0.25) is 14.4 Å². The van der Waals surface area contributed by atoms with Gasteiger partial charge in [0.1, 0.15) is 24.2 Å². The van der Waals surface area contributed by atoms with Gasteiger partial charge in [-0.15, -0.1) is 0 Å². The van der Waals surface area contributed by atoms with Crippen LogP contribution >= 0.6 is 0 Å². The van der Waals surface area contributed by atoms with Crippen LogP contribution in [0.4, 0.5) is 0 Å². The van der Waals surface area contributed by atoms with Crippen LogP contribution in [0.15, 0.2) is 30.5 Å². The Morgan fingerprint density at radius 2 is 1.64 bits per heavy atom. The highest BCUT2D eigenvalue weighted by Crippen LogP contribution is 2.19. The number of carboxylic acids is 1. The highest BCUT2D eigenvalue weighted by Gasteiger charge is 2.33. The smallest absolute Gasteiger partial charge is 0.326 e. The zero-order valence-corrected chi connectivity index (χ0v) is 20.5. The predicted molar refractivity (Wildman–Crippen MR) is 132 cm³/mol. The molecule has 0 aliphatic rings. The number of rotatable bonds is 13. The van der Waals surface area contributed by atoms with Crippen molar-refractivity contribution in [2.75, 3.05) is 6.61 Å². The van der Waals surface area contributed by atoms with Gasteiger partial charge in [-0.2, -0.15) is 0 Å². The van der Waals surface area contributed by atoms with Crippen LogP contribution in [-0.2, 0) is 25.6 Å². The molecular formula is C24H35N5O7. The number of aliphatic hydroxyl groups is 2. The van der Waals surface area contributed by atoms with Gasteiger partial charge in [0.25, 0.3) is 0 Å². The molecule has 198 valence electrons. The first-order chi connectivity index (χ1) is 17.0. The summed E-state index contributed by atoms with van der Waals surface area (Å²) in [6, 6.07) is 2.15. The third kappa shape index (κ3) is 7.26. The minimum Gasteiger partial charge on any atom is -0.480 e. The number of benzene rings is 1. The Hall–Kier alpha value is -3.48. The second-order valence-electron chi connectivity index (χ2n) is 8.85. The molecule has 1 aromatic heterocycles. The summed E-state index contributed by atoms with van der Waals surface area (Å²) in [6.07, 6.45) is 0.834.